The molecule has 76 valence electrons. The van der Waals surface area contributed by atoms with Gasteiger partial charge in [-0.3, -0.25) is 0 Å². The summed E-state index contributed by atoms with van der Waals surface area (Å²) in [6.45, 7) is 0.265. The van der Waals surface area contributed by atoms with E-state index in [0.717, 1.165) is 17.9 Å². The van der Waals surface area contributed by atoms with Gasteiger partial charge < -0.3 is 5.11 Å². The van der Waals surface area contributed by atoms with Crippen LogP contribution in [0, 0.1) is 0 Å². The molecule has 1 aromatic carbocycles. The van der Waals surface area contributed by atoms with E-state index >= 15 is 0 Å². The van der Waals surface area contributed by atoms with E-state index in [9.17, 15) is 0 Å². The first-order chi connectivity index (χ1) is 6.81. The molecule has 0 atom stereocenters. The molecule has 0 unspecified atom stereocenters. The van der Waals surface area contributed by atoms with Gasteiger partial charge in [-0.25, -0.2) is 0 Å². The molecule has 1 aliphatic rings. The summed E-state index contributed by atoms with van der Waals surface area (Å²) in [5.74, 6) is 0. The molecular weight excluding hydrogens is 196 g/mol. The highest BCUT2D eigenvalue weighted by Crippen LogP contribution is 2.29. The van der Waals surface area contributed by atoms with Gasteiger partial charge in [-0.05, 0) is 60.9 Å². The van der Waals surface area contributed by atoms with Gasteiger partial charge in [-0.15, -0.1) is 0 Å². The van der Waals surface area contributed by atoms with Gasteiger partial charge in [0.05, 0.1) is 0 Å². The maximum Gasteiger partial charge on any atom is 0.0434 e. The summed E-state index contributed by atoms with van der Waals surface area (Å²) in [6, 6.07) is 4.15. The fraction of sp³-hybridized carbons (Fsp3) is 0.500. The van der Waals surface area contributed by atoms with Crippen molar-refractivity contribution >= 4 is 11.6 Å². The molecule has 0 spiro atoms. The third kappa shape index (κ3) is 1.94. The van der Waals surface area contributed by atoms with Crippen LogP contribution < -0.4 is 0 Å². The molecule has 0 fully saturated rings. The number of halogens is 1. The van der Waals surface area contributed by atoms with Crippen molar-refractivity contribution in [3.63, 3.8) is 0 Å². The Hall–Kier alpha value is -0.530. The predicted octanol–water partition coefficient (Wildman–Crippen LogP) is 2.75. The fourth-order valence-corrected chi connectivity index (χ4v) is 2.51. The highest BCUT2D eigenvalue weighted by molar-refractivity contribution is 6.30. The normalized spacial score (nSPS) is 14.4. The van der Waals surface area contributed by atoms with Crippen LogP contribution in [0.15, 0.2) is 12.1 Å². The van der Waals surface area contributed by atoms with Gasteiger partial charge >= 0.3 is 0 Å². The molecule has 0 aliphatic heterocycles. The van der Waals surface area contributed by atoms with Crippen LogP contribution in [-0.2, 0) is 19.3 Å². The number of aliphatic hydroxyl groups excluding tert-OH is 1. The third-order valence-electron chi connectivity index (χ3n) is 2.88. The summed E-state index contributed by atoms with van der Waals surface area (Å²) >= 11 is 6.04. The molecule has 0 saturated heterocycles. The number of aryl methyl sites for hydroxylation is 2. The second kappa shape index (κ2) is 4.33. The number of hydrogen-bond acceptors (Lipinski definition) is 1. The summed E-state index contributed by atoms with van der Waals surface area (Å²) in [5.41, 5.74) is 4.26. The maximum absolute atomic E-state index is 8.81. The van der Waals surface area contributed by atoms with Gasteiger partial charge in [0.1, 0.15) is 0 Å². The molecule has 0 bridgehead atoms. The van der Waals surface area contributed by atoms with Gasteiger partial charge in [0.2, 0.25) is 0 Å². The molecule has 2 rings (SSSR count). The minimum absolute atomic E-state index is 0.265. The predicted molar refractivity (Wildman–Crippen MR) is 58.9 cm³/mol. The van der Waals surface area contributed by atoms with Crippen molar-refractivity contribution < 1.29 is 5.11 Å². The molecule has 1 nitrogen and oxygen atoms in total. The van der Waals surface area contributed by atoms with Gasteiger partial charge in [-0.1, -0.05) is 11.6 Å². The molecule has 1 N–H and O–H groups in total. The molecule has 0 saturated carbocycles. The van der Waals surface area contributed by atoms with E-state index in [4.69, 9.17) is 16.7 Å². The highest BCUT2D eigenvalue weighted by atomic mass is 35.5. The van der Waals surface area contributed by atoms with E-state index in [0.29, 0.717) is 0 Å². The average molecular weight is 211 g/mol. The van der Waals surface area contributed by atoms with Crippen LogP contribution in [0.5, 0.6) is 0 Å². The SMILES string of the molecule is OCCCc1cc(Cl)cc2c1CCC2. The topological polar surface area (TPSA) is 20.2 Å². The van der Waals surface area contributed by atoms with Gasteiger partial charge in [0, 0.05) is 11.6 Å². The smallest absolute Gasteiger partial charge is 0.0434 e. The zero-order chi connectivity index (χ0) is 9.97. The first kappa shape index (κ1) is 10.0. The van der Waals surface area contributed by atoms with Crippen LogP contribution in [0.4, 0.5) is 0 Å². The van der Waals surface area contributed by atoms with Crippen molar-refractivity contribution in [2.24, 2.45) is 0 Å². The van der Waals surface area contributed by atoms with Gasteiger partial charge in [0.25, 0.3) is 0 Å². The largest absolute Gasteiger partial charge is 0.396 e. The van der Waals surface area contributed by atoms with Gasteiger partial charge in [-0.2, -0.15) is 0 Å². The Balaban J connectivity index is 2.29. The number of benzene rings is 1. The van der Waals surface area contributed by atoms with Crippen molar-refractivity contribution in [3.8, 4) is 0 Å². The minimum atomic E-state index is 0.265. The lowest BCUT2D eigenvalue weighted by atomic mass is 10.00. The fourth-order valence-electron chi connectivity index (χ4n) is 2.25. The Bertz CT molecular complexity index is 333. The molecule has 0 heterocycles. The lowest BCUT2D eigenvalue weighted by Crippen LogP contribution is -1.96. The van der Waals surface area contributed by atoms with Crippen molar-refractivity contribution in [2.75, 3.05) is 6.61 Å². The van der Waals surface area contributed by atoms with Crippen molar-refractivity contribution in [3.05, 3.63) is 33.8 Å². The lowest BCUT2D eigenvalue weighted by Gasteiger charge is -2.08. The van der Waals surface area contributed by atoms with Crippen molar-refractivity contribution in [2.45, 2.75) is 32.1 Å². The van der Waals surface area contributed by atoms with E-state index < -0.39 is 0 Å². The Labute approximate surface area is 89.7 Å². The maximum atomic E-state index is 8.81. The molecule has 0 amide bonds. The molecular formula is C12H15ClO. The summed E-state index contributed by atoms with van der Waals surface area (Å²) in [5, 5.41) is 9.66. The summed E-state index contributed by atoms with van der Waals surface area (Å²) in [7, 11) is 0. The number of aliphatic hydroxyl groups is 1. The Morgan fingerprint density at radius 2 is 2.14 bits per heavy atom. The average Bonchev–Trinajstić information content (AvgIpc) is 2.61. The standard InChI is InChI=1S/C12H15ClO/c13-11-7-9-3-1-5-12(9)10(8-11)4-2-6-14/h7-8,14H,1-6H2. The van der Waals surface area contributed by atoms with E-state index in [-0.39, 0.29) is 6.61 Å². The Morgan fingerprint density at radius 1 is 1.29 bits per heavy atom. The van der Waals surface area contributed by atoms with Crippen molar-refractivity contribution in [1.29, 1.82) is 0 Å². The van der Waals surface area contributed by atoms with Crippen LogP contribution >= 0.6 is 11.6 Å². The van der Waals surface area contributed by atoms with Crippen LogP contribution in [0.1, 0.15) is 29.5 Å². The third-order valence-corrected chi connectivity index (χ3v) is 3.09. The Kier molecular flexibility index (Phi) is 3.09. The molecule has 14 heavy (non-hydrogen) atoms. The summed E-state index contributed by atoms with van der Waals surface area (Å²) in [6.07, 6.45) is 5.41. The molecule has 2 heteroatoms. The molecule has 1 aliphatic carbocycles. The highest BCUT2D eigenvalue weighted by Gasteiger charge is 2.15. The van der Waals surface area contributed by atoms with E-state index in [1.807, 2.05) is 0 Å². The van der Waals surface area contributed by atoms with Crippen LogP contribution in [0.2, 0.25) is 5.02 Å². The van der Waals surface area contributed by atoms with Gasteiger partial charge in [0.15, 0.2) is 0 Å². The monoisotopic (exact) mass is 210 g/mol. The van der Waals surface area contributed by atoms with Crippen LogP contribution in [0.25, 0.3) is 0 Å². The van der Waals surface area contributed by atoms with E-state index in [1.54, 1.807) is 0 Å². The number of fused-ring (bicyclic) bond motifs is 1. The first-order valence-corrected chi connectivity index (χ1v) is 5.60. The van der Waals surface area contributed by atoms with Crippen molar-refractivity contribution in [1.82, 2.24) is 0 Å². The zero-order valence-electron chi connectivity index (χ0n) is 8.22. The summed E-state index contributed by atoms with van der Waals surface area (Å²) < 4.78 is 0. The lowest BCUT2D eigenvalue weighted by molar-refractivity contribution is 0.288. The second-order valence-electron chi connectivity index (χ2n) is 3.88. The molecule has 1 aromatic rings. The van der Waals surface area contributed by atoms with Crippen LogP contribution in [0.3, 0.4) is 0 Å². The van der Waals surface area contributed by atoms with Crippen LogP contribution in [-0.4, -0.2) is 11.7 Å². The zero-order valence-corrected chi connectivity index (χ0v) is 8.98. The molecule has 0 aromatic heterocycles. The minimum Gasteiger partial charge on any atom is -0.396 e. The number of rotatable bonds is 3. The van der Waals surface area contributed by atoms with E-state index in [1.165, 1.54) is 36.0 Å². The first-order valence-electron chi connectivity index (χ1n) is 5.22. The Morgan fingerprint density at radius 3 is 2.93 bits per heavy atom. The van der Waals surface area contributed by atoms with E-state index in [2.05, 4.69) is 12.1 Å². The summed E-state index contributed by atoms with van der Waals surface area (Å²) in [4.78, 5) is 0. The quantitative estimate of drug-likeness (QED) is 0.814. The second-order valence-corrected chi connectivity index (χ2v) is 4.32. The number of hydrogen-bond donors (Lipinski definition) is 1. The molecule has 0 radical (unpaired) electrons.